The Morgan fingerprint density at radius 1 is 1.33 bits per heavy atom. The van der Waals surface area contributed by atoms with Gasteiger partial charge in [0.1, 0.15) is 5.82 Å². The van der Waals surface area contributed by atoms with Crippen molar-refractivity contribution >= 4 is 5.82 Å². The molecule has 0 spiro atoms. The zero-order valence-electron chi connectivity index (χ0n) is 14.0. The van der Waals surface area contributed by atoms with Gasteiger partial charge >= 0.3 is 0 Å². The number of nitriles is 1. The lowest BCUT2D eigenvalue weighted by atomic mass is 10.1. The number of ether oxygens (including phenoxy) is 1. The van der Waals surface area contributed by atoms with Gasteiger partial charge in [0.05, 0.1) is 24.4 Å². The van der Waals surface area contributed by atoms with E-state index in [9.17, 15) is 0 Å². The Bertz CT molecular complexity index is 742. The summed E-state index contributed by atoms with van der Waals surface area (Å²) >= 11 is 0. The van der Waals surface area contributed by atoms with Crippen molar-refractivity contribution in [1.29, 1.82) is 5.26 Å². The lowest BCUT2D eigenvalue weighted by Gasteiger charge is -2.40. The Hall–Kier alpha value is -2.65. The van der Waals surface area contributed by atoms with Gasteiger partial charge in [0.15, 0.2) is 0 Å². The maximum Gasteiger partial charge on any atom is 0.213 e. The molecule has 1 unspecified atom stereocenters. The minimum atomic E-state index is 0.374. The van der Waals surface area contributed by atoms with E-state index in [1.54, 1.807) is 19.4 Å². The van der Waals surface area contributed by atoms with E-state index < -0.39 is 0 Å². The third kappa shape index (κ3) is 3.63. The van der Waals surface area contributed by atoms with Gasteiger partial charge in [-0.2, -0.15) is 5.26 Å². The Labute approximate surface area is 142 Å². The van der Waals surface area contributed by atoms with Crippen molar-refractivity contribution in [2.45, 2.75) is 19.5 Å². The molecule has 1 atom stereocenters. The Morgan fingerprint density at radius 3 is 2.96 bits per heavy atom. The molecular weight excluding hydrogens is 302 g/mol. The van der Waals surface area contributed by atoms with Crippen LogP contribution in [0.15, 0.2) is 36.5 Å². The Balaban J connectivity index is 1.65. The SMILES string of the molecule is COc1cccc(CN2CCN(c3cc(C#N)ccn3)CC2C)n1. The number of rotatable bonds is 4. The van der Waals surface area contributed by atoms with Crippen LogP contribution >= 0.6 is 0 Å². The Kier molecular flexibility index (Phi) is 4.92. The van der Waals surface area contributed by atoms with Crippen molar-refractivity contribution in [3.05, 3.63) is 47.8 Å². The van der Waals surface area contributed by atoms with Crippen LogP contribution in [-0.4, -0.2) is 47.7 Å². The van der Waals surface area contributed by atoms with Crippen LogP contribution in [0.5, 0.6) is 5.88 Å². The number of anilines is 1. The quantitative estimate of drug-likeness (QED) is 0.858. The first-order valence-corrected chi connectivity index (χ1v) is 8.04. The summed E-state index contributed by atoms with van der Waals surface area (Å²) in [6.07, 6.45) is 1.70. The molecule has 0 radical (unpaired) electrons. The van der Waals surface area contributed by atoms with E-state index in [4.69, 9.17) is 10.00 Å². The summed E-state index contributed by atoms with van der Waals surface area (Å²) in [4.78, 5) is 13.5. The molecule has 6 nitrogen and oxygen atoms in total. The fourth-order valence-electron chi connectivity index (χ4n) is 2.97. The summed E-state index contributed by atoms with van der Waals surface area (Å²) in [5, 5.41) is 9.04. The first-order valence-electron chi connectivity index (χ1n) is 8.04. The van der Waals surface area contributed by atoms with Gasteiger partial charge in [-0.1, -0.05) is 6.07 Å². The second-order valence-corrected chi connectivity index (χ2v) is 5.95. The molecule has 3 heterocycles. The van der Waals surface area contributed by atoms with Gasteiger partial charge in [-0.15, -0.1) is 0 Å². The average Bonchev–Trinajstić information content (AvgIpc) is 2.63. The molecule has 2 aromatic rings. The molecule has 2 aromatic heterocycles. The first kappa shape index (κ1) is 16.2. The molecule has 1 saturated heterocycles. The van der Waals surface area contributed by atoms with Gasteiger partial charge < -0.3 is 9.64 Å². The number of nitrogens with zero attached hydrogens (tertiary/aromatic N) is 5. The van der Waals surface area contributed by atoms with Crippen LogP contribution in [0.3, 0.4) is 0 Å². The minimum Gasteiger partial charge on any atom is -0.481 e. The minimum absolute atomic E-state index is 0.374. The van der Waals surface area contributed by atoms with Crippen LogP contribution in [0.25, 0.3) is 0 Å². The molecule has 1 aliphatic heterocycles. The van der Waals surface area contributed by atoms with Crippen LogP contribution in [-0.2, 0) is 6.54 Å². The molecular formula is C18H21N5O. The normalized spacial score (nSPS) is 18.2. The molecule has 6 heteroatoms. The van der Waals surface area contributed by atoms with E-state index in [1.165, 1.54) is 0 Å². The summed E-state index contributed by atoms with van der Waals surface area (Å²) in [6.45, 7) is 5.71. The molecule has 0 aromatic carbocycles. The van der Waals surface area contributed by atoms with Crippen molar-refractivity contribution in [3.8, 4) is 11.9 Å². The van der Waals surface area contributed by atoms with Crippen LogP contribution in [0.4, 0.5) is 5.82 Å². The highest BCUT2D eigenvalue weighted by molar-refractivity contribution is 5.45. The van der Waals surface area contributed by atoms with Crippen molar-refractivity contribution in [2.75, 3.05) is 31.6 Å². The maximum atomic E-state index is 9.04. The van der Waals surface area contributed by atoms with Gasteiger partial charge in [0.2, 0.25) is 5.88 Å². The third-order valence-electron chi connectivity index (χ3n) is 4.32. The van der Waals surface area contributed by atoms with Crippen LogP contribution in [0.2, 0.25) is 0 Å². The predicted molar refractivity (Wildman–Crippen MR) is 91.8 cm³/mol. The zero-order chi connectivity index (χ0) is 16.9. The van der Waals surface area contributed by atoms with Gasteiger partial charge in [-0.25, -0.2) is 9.97 Å². The number of hydrogen-bond acceptors (Lipinski definition) is 6. The van der Waals surface area contributed by atoms with Crippen LogP contribution < -0.4 is 9.64 Å². The zero-order valence-corrected chi connectivity index (χ0v) is 14.0. The van der Waals surface area contributed by atoms with E-state index in [1.807, 2.05) is 24.3 Å². The van der Waals surface area contributed by atoms with E-state index in [0.29, 0.717) is 17.5 Å². The van der Waals surface area contributed by atoms with Gasteiger partial charge in [0.25, 0.3) is 0 Å². The highest BCUT2D eigenvalue weighted by Crippen LogP contribution is 2.19. The lowest BCUT2D eigenvalue weighted by molar-refractivity contribution is 0.178. The number of piperazine rings is 1. The fourth-order valence-corrected chi connectivity index (χ4v) is 2.97. The van der Waals surface area contributed by atoms with Gasteiger partial charge in [0, 0.05) is 44.5 Å². The molecule has 1 fully saturated rings. The fraction of sp³-hybridized carbons (Fsp3) is 0.389. The monoisotopic (exact) mass is 323 g/mol. The van der Waals surface area contributed by atoms with E-state index in [2.05, 4.69) is 32.8 Å². The molecule has 24 heavy (non-hydrogen) atoms. The summed E-state index contributed by atoms with van der Waals surface area (Å²) in [7, 11) is 1.63. The van der Waals surface area contributed by atoms with Gasteiger partial charge in [-0.05, 0) is 25.1 Å². The summed E-state index contributed by atoms with van der Waals surface area (Å²) in [5.74, 6) is 1.52. The topological polar surface area (TPSA) is 65.3 Å². The molecule has 3 rings (SSSR count). The second kappa shape index (κ2) is 7.28. The summed E-state index contributed by atoms with van der Waals surface area (Å²) < 4.78 is 5.20. The third-order valence-corrected chi connectivity index (χ3v) is 4.32. The predicted octanol–water partition coefficient (Wildman–Crippen LogP) is 2.07. The highest BCUT2D eigenvalue weighted by atomic mass is 16.5. The molecule has 0 bridgehead atoms. The van der Waals surface area contributed by atoms with Crippen molar-refractivity contribution in [3.63, 3.8) is 0 Å². The highest BCUT2D eigenvalue weighted by Gasteiger charge is 2.25. The smallest absolute Gasteiger partial charge is 0.213 e. The standard InChI is InChI=1S/C18H21N5O/c1-14-12-23(17-10-15(11-19)6-7-20-17)9-8-22(14)13-16-4-3-5-18(21-16)24-2/h3-7,10,14H,8-9,12-13H2,1-2H3. The molecule has 124 valence electrons. The number of methoxy groups -OCH3 is 1. The van der Waals surface area contributed by atoms with Crippen LogP contribution in [0.1, 0.15) is 18.2 Å². The molecule has 1 aliphatic rings. The Morgan fingerprint density at radius 2 is 2.21 bits per heavy atom. The van der Waals surface area contributed by atoms with Gasteiger partial charge in [-0.3, -0.25) is 4.90 Å². The second-order valence-electron chi connectivity index (χ2n) is 5.95. The van der Waals surface area contributed by atoms with Crippen molar-refractivity contribution in [1.82, 2.24) is 14.9 Å². The van der Waals surface area contributed by atoms with E-state index >= 15 is 0 Å². The number of pyridine rings is 2. The van der Waals surface area contributed by atoms with Crippen LogP contribution in [0, 0.1) is 11.3 Å². The largest absolute Gasteiger partial charge is 0.481 e. The van der Waals surface area contributed by atoms with E-state index in [0.717, 1.165) is 37.7 Å². The summed E-state index contributed by atoms with van der Waals surface area (Å²) in [6, 6.07) is 12.0. The van der Waals surface area contributed by atoms with Crippen molar-refractivity contribution in [2.24, 2.45) is 0 Å². The lowest BCUT2D eigenvalue weighted by Crippen LogP contribution is -2.51. The summed E-state index contributed by atoms with van der Waals surface area (Å²) in [5.41, 5.74) is 1.66. The van der Waals surface area contributed by atoms with Crippen molar-refractivity contribution < 1.29 is 4.74 Å². The molecule has 0 N–H and O–H groups in total. The first-order chi connectivity index (χ1) is 11.7. The molecule has 0 aliphatic carbocycles. The number of hydrogen-bond donors (Lipinski definition) is 0. The molecule has 0 saturated carbocycles. The maximum absolute atomic E-state index is 9.04. The van der Waals surface area contributed by atoms with E-state index in [-0.39, 0.29) is 0 Å². The average molecular weight is 323 g/mol. The number of aromatic nitrogens is 2. The molecule has 0 amide bonds.